The first-order valence-electron chi connectivity index (χ1n) is 4.65. The van der Waals surface area contributed by atoms with Crippen molar-refractivity contribution >= 4 is 0 Å². The van der Waals surface area contributed by atoms with Crippen molar-refractivity contribution < 1.29 is 0 Å². The van der Waals surface area contributed by atoms with Gasteiger partial charge in [-0.25, -0.2) is 0 Å². The van der Waals surface area contributed by atoms with Gasteiger partial charge < -0.3 is 5.32 Å². The molecule has 2 aliphatic rings. The predicted octanol–water partition coefficient (Wildman–Crippen LogP) is 1.78. The maximum absolute atomic E-state index is 3.58. The third-order valence-electron chi connectivity index (χ3n) is 3.07. The number of hydrogen-bond acceptors (Lipinski definition) is 1. The van der Waals surface area contributed by atoms with E-state index in [2.05, 4.69) is 12.2 Å². The normalized spacial score (nSPS) is 40.5. The Hall–Kier alpha value is -0.0400. The van der Waals surface area contributed by atoms with Crippen LogP contribution in [0.25, 0.3) is 0 Å². The first kappa shape index (κ1) is 6.66. The van der Waals surface area contributed by atoms with Gasteiger partial charge in [-0.15, -0.1) is 0 Å². The molecular weight excluding hydrogens is 122 g/mol. The van der Waals surface area contributed by atoms with Gasteiger partial charge in [0.15, 0.2) is 0 Å². The highest BCUT2D eigenvalue weighted by molar-refractivity contribution is 4.92. The first-order chi connectivity index (χ1) is 4.92. The average molecular weight is 139 g/mol. The minimum atomic E-state index is 0.868. The minimum Gasteiger partial charge on any atom is -0.314 e. The summed E-state index contributed by atoms with van der Waals surface area (Å²) in [6.07, 6.45) is 5.82. The average Bonchev–Trinajstić information content (AvgIpc) is 2.69. The monoisotopic (exact) mass is 139 g/mol. The molecule has 2 rings (SSSR count). The summed E-state index contributed by atoms with van der Waals surface area (Å²) in [5, 5.41) is 3.58. The van der Waals surface area contributed by atoms with Crippen LogP contribution in [-0.4, -0.2) is 12.6 Å². The van der Waals surface area contributed by atoms with E-state index in [1.165, 1.54) is 32.2 Å². The molecule has 2 unspecified atom stereocenters. The fraction of sp³-hybridized carbons (Fsp3) is 1.00. The maximum atomic E-state index is 3.58. The highest BCUT2D eigenvalue weighted by Gasteiger charge is 2.37. The third kappa shape index (κ3) is 1.07. The molecule has 1 heterocycles. The third-order valence-corrected chi connectivity index (χ3v) is 3.07. The van der Waals surface area contributed by atoms with Gasteiger partial charge in [0.05, 0.1) is 0 Å². The molecule has 1 saturated carbocycles. The van der Waals surface area contributed by atoms with Crippen LogP contribution < -0.4 is 5.32 Å². The minimum absolute atomic E-state index is 0.868. The van der Waals surface area contributed by atoms with E-state index in [0.717, 1.165) is 17.9 Å². The molecule has 1 aliphatic carbocycles. The number of rotatable bonds is 2. The quantitative estimate of drug-likeness (QED) is 0.615. The lowest BCUT2D eigenvalue weighted by molar-refractivity contribution is 0.392. The molecule has 1 heteroatoms. The van der Waals surface area contributed by atoms with Crippen molar-refractivity contribution in [3.63, 3.8) is 0 Å². The van der Waals surface area contributed by atoms with Gasteiger partial charge in [0.2, 0.25) is 0 Å². The van der Waals surface area contributed by atoms with Crippen LogP contribution in [0, 0.1) is 11.8 Å². The molecule has 58 valence electrons. The molecule has 1 aliphatic heterocycles. The molecule has 1 nitrogen and oxygen atoms in total. The zero-order chi connectivity index (χ0) is 6.97. The van der Waals surface area contributed by atoms with Crippen LogP contribution in [0.1, 0.15) is 32.6 Å². The van der Waals surface area contributed by atoms with Gasteiger partial charge in [-0.2, -0.15) is 0 Å². The Bertz CT molecular complexity index is 118. The lowest BCUT2D eigenvalue weighted by atomic mass is 9.94. The van der Waals surface area contributed by atoms with E-state index in [0.29, 0.717) is 0 Å². The molecule has 0 spiro atoms. The Labute approximate surface area is 63.2 Å². The van der Waals surface area contributed by atoms with E-state index in [1.807, 2.05) is 0 Å². The van der Waals surface area contributed by atoms with Crippen molar-refractivity contribution in [3.8, 4) is 0 Å². The van der Waals surface area contributed by atoms with Crippen molar-refractivity contribution in [2.75, 3.05) is 6.54 Å². The first-order valence-corrected chi connectivity index (χ1v) is 4.65. The van der Waals surface area contributed by atoms with Crippen LogP contribution in [-0.2, 0) is 0 Å². The van der Waals surface area contributed by atoms with Crippen LogP contribution >= 0.6 is 0 Å². The molecule has 1 N–H and O–H groups in total. The Kier molecular flexibility index (Phi) is 1.69. The lowest BCUT2D eigenvalue weighted by Gasteiger charge is -2.16. The van der Waals surface area contributed by atoms with Crippen molar-refractivity contribution in [3.05, 3.63) is 0 Å². The van der Waals surface area contributed by atoms with Crippen molar-refractivity contribution in [1.29, 1.82) is 0 Å². The standard InChI is InChI=1S/C9H17N/c1-2-9-8(5-6-10-9)7-3-4-7/h7-10H,2-6H2,1H3. The van der Waals surface area contributed by atoms with Gasteiger partial charge in [-0.05, 0) is 44.1 Å². The summed E-state index contributed by atoms with van der Waals surface area (Å²) in [6.45, 7) is 3.58. The lowest BCUT2D eigenvalue weighted by Crippen LogP contribution is -2.26. The molecule has 0 bridgehead atoms. The van der Waals surface area contributed by atoms with E-state index in [1.54, 1.807) is 0 Å². The van der Waals surface area contributed by atoms with Crippen LogP contribution in [0.3, 0.4) is 0 Å². The maximum Gasteiger partial charge on any atom is 0.00958 e. The van der Waals surface area contributed by atoms with Gasteiger partial charge in [-0.1, -0.05) is 6.92 Å². The zero-order valence-corrected chi connectivity index (χ0v) is 6.77. The SMILES string of the molecule is CCC1NCCC1C1CC1. The number of nitrogens with one attached hydrogen (secondary N) is 1. The van der Waals surface area contributed by atoms with Gasteiger partial charge >= 0.3 is 0 Å². The molecule has 2 fully saturated rings. The highest BCUT2D eigenvalue weighted by atomic mass is 15.0. The fourth-order valence-electron chi connectivity index (χ4n) is 2.32. The van der Waals surface area contributed by atoms with E-state index >= 15 is 0 Å². The second-order valence-corrected chi connectivity index (χ2v) is 3.76. The summed E-state index contributed by atoms with van der Waals surface area (Å²) >= 11 is 0. The molecule has 10 heavy (non-hydrogen) atoms. The zero-order valence-electron chi connectivity index (χ0n) is 6.77. The summed E-state index contributed by atoms with van der Waals surface area (Å²) in [5.41, 5.74) is 0. The van der Waals surface area contributed by atoms with Gasteiger partial charge in [-0.3, -0.25) is 0 Å². The van der Waals surface area contributed by atoms with Crippen molar-refractivity contribution in [1.82, 2.24) is 5.32 Å². The van der Waals surface area contributed by atoms with Crippen LogP contribution in [0.5, 0.6) is 0 Å². The molecular formula is C9H17N. The van der Waals surface area contributed by atoms with Crippen molar-refractivity contribution in [2.24, 2.45) is 11.8 Å². The fourth-order valence-corrected chi connectivity index (χ4v) is 2.32. The highest BCUT2D eigenvalue weighted by Crippen LogP contribution is 2.42. The number of hydrogen-bond donors (Lipinski definition) is 1. The van der Waals surface area contributed by atoms with Gasteiger partial charge in [0.1, 0.15) is 0 Å². The topological polar surface area (TPSA) is 12.0 Å². The molecule has 0 aromatic rings. The Morgan fingerprint density at radius 1 is 1.30 bits per heavy atom. The summed E-state index contributed by atoms with van der Waals surface area (Å²) in [7, 11) is 0. The van der Waals surface area contributed by atoms with Crippen molar-refractivity contribution in [2.45, 2.75) is 38.6 Å². The molecule has 0 amide bonds. The summed E-state index contributed by atoms with van der Waals surface area (Å²) in [4.78, 5) is 0. The van der Waals surface area contributed by atoms with Gasteiger partial charge in [0.25, 0.3) is 0 Å². The van der Waals surface area contributed by atoms with Crippen LogP contribution in [0.4, 0.5) is 0 Å². The van der Waals surface area contributed by atoms with E-state index in [9.17, 15) is 0 Å². The molecule has 0 aromatic heterocycles. The summed E-state index contributed by atoms with van der Waals surface area (Å²) < 4.78 is 0. The molecule has 0 radical (unpaired) electrons. The van der Waals surface area contributed by atoms with Crippen LogP contribution in [0.15, 0.2) is 0 Å². The molecule has 2 atom stereocenters. The van der Waals surface area contributed by atoms with E-state index < -0.39 is 0 Å². The Morgan fingerprint density at radius 2 is 2.10 bits per heavy atom. The van der Waals surface area contributed by atoms with Crippen LogP contribution in [0.2, 0.25) is 0 Å². The Balaban J connectivity index is 1.91. The predicted molar refractivity (Wildman–Crippen MR) is 42.9 cm³/mol. The van der Waals surface area contributed by atoms with E-state index in [-0.39, 0.29) is 0 Å². The summed E-state index contributed by atoms with van der Waals surface area (Å²) in [5.74, 6) is 2.16. The van der Waals surface area contributed by atoms with Gasteiger partial charge in [0, 0.05) is 6.04 Å². The Morgan fingerprint density at radius 3 is 2.70 bits per heavy atom. The smallest absolute Gasteiger partial charge is 0.00958 e. The summed E-state index contributed by atoms with van der Waals surface area (Å²) in [6, 6.07) is 0.868. The molecule has 0 aromatic carbocycles. The molecule has 1 saturated heterocycles. The van der Waals surface area contributed by atoms with E-state index in [4.69, 9.17) is 0 Å². The second kappa shape index (κ2) is 2.54. The second-order valence-electron chi connectivity index (χ2n) is 3.76. The largest absolute Gasteiger partial charge is 0.314 e.